The molecule has 0 spiro atoms. The summed E-state index contributed by atoms with van der Waals surface area (Å²) >= 11 is 0. The van der Waals surface area contributed by atoms with Crippen molar-refractivity contribution in [3.05, 3.63) is 48.2 Å². The summed E-state index contributed by atoms with van der Waals surface area (Å²) in [4.78, 5) is 41.6. The zero-order chi connectivity index (χ0) is 20.0. The minimum absolute atomic E-state index is 0.308. The number of likely N-dealkylation sites (N-methyl/N-ethyl adjacent to an activating group) is 2. The van der Waals surface area contributed by atoms with Gasteiger partial charge >= 0.3 is 0 Å². The number of hydrogen-bond acceptors (Lipinski definition) is 6. The number of aliphatic hydroxyl groups is 1. The van der Waals surface area contributed by atoms with Crippen molar-refractivity contribution < 1.29 is 24.2 Å². The molecule has 1 aromatic heterocycles. The van der Waals surface area contributed by atoms with Crippen LogP contribution in [0.5, 0.6) is 5.88 Å². The number of benzene rings is 1. The van der Waals surface area contributed by atoms with Gasteiger partial charge in [0.2, 0.25) is 11.8 Å². The highest BCUT2D eigenvalue weighted by Gasteiger charge is 2.32. The van der Waals surface area contributed by atoms with Gasteiger partial charge in [-0.05, 0) is 23.8 Å². The Hall–Kier alpha value is -3.26. The number of ketones is 1. The number of methoxy groups -OCH3 is 1. The van der Waals surface area contributed by atoms with Crippen LogP contribution >= 0.6 is 0 Å². The fraction of sp³-hybridized carbons (Fsp3) is 0.263. The molecule has 0 aliphatic rings. The normalized spacial score (nSPS) is 11.4. The number of carbonyl (C=O) groups is 3. The fourth-order valence-electron chi connectivity index (χ4n) is 2.56. The summed E-state index contributed by atoms with van der Waals surface area (Å²) in [5, 5.41) is 11.4. The molecule has 8 heteroatoms. The van der Waals surface area contributed by atoms with Gasteiger partial charge in [-0.1, -0.05) is 12.1 Å². The lowest BCUT2D eigenvalue weighted by Gasteiger charge is -2.25. The van der Waals surface area contributed by atoms with Crippen LogP contribution in [0.2, 0.25) is 0 Å². The van der Waals surface area contributed by atoms with E-state index >= 15 is 0 Å². The number of aromatic nitrogens is 1. The molecular weight excluding hydrogens is 350 g/mol. The van der Waals surface area contributed by atoms with Gasteiger partial charge in [-0.25, -0.2) is 4.98 Å². The molecule has 0 bridgehead atoms. The van der Waals surface area contributed by atoms with Crippen molar-refractivity contribution in [3.8, 4) is 17.0 Å². The van der Waals surface area contributed by atoms with Gasteiger partial charge in [-0.15, -0.1) is 0 Å². The Labute approximate surface area is 156 Å². The molecule has 0 aliphatic carbocycles. The lowest BCUT2D eigenvalue weighted by atomic mass is 10.0. The van der Waals surface area contributed by atoms with Crippen molar-refractivity contribution in [2.24, 2.45) is 0 Å². The smallest absolute Gasteiger partial charge is 0.254 e. The van der Waals surface area contributed by atoms with E-state index in [0.717, 1.165) is 16.0 Å². The third-order valence-electron chi connectivity index (χ3n) is 4.07. The van der Waals surface area contributed by atoms with Crippen LogP contribution in [0.25, 0.3) is 11.1 Å². The first-order chi connectivity index (χ1) is 12.9. The number of nitrogens with zero attached hydrogens (tertiary/aromatic N) is 2. The molecule has 1 atom stereocenters. The Bertz CT molecular complexity index is 802. The van der Waals surface area contributed by atoms with Gasteiger partial charge in [-0.3, -0.25) is 14.4 Å². The number of hydrogen-bond donors (Lipinski definition) is 2. The molecule has 0 saturated carbocycles. The minimum atomic E-state index is -1.39. The standard InChI is InChI=1S/C19H21N3O5/c1-20-18(25)17(15(24)11-23)22(2)19(26)13-6-4-12(5-7-13)14-8-9-16(27-3)21-10-14/h4-10,17,23H,11H2,1-3H3,(H,20,25). The van der Waals surface area contributed by atoms with E-state index in [1.54, 1.807) is 36.5 Å². The van der Waals surface area contributed by atoms with Crippen molar-refractivity contribution in [2.45, 2.75) is 6.04 Å². The van der Waals surface area contributed by atoms with Crippen LogP contribution < -0.4 is 10.1 Å². The van der Waals surface area contributed by atoms with Gasteiger partial charge in [0.15, 0.2) is 11.8 Å². The number of ether oxygens (including phenoxy) is 1. The second-order valence-electron chi connectivity index (χ2n) is 5.72. The molecular formula is C19H21N3O5. The Morgan fingerprint density at radius 3 is 2.26 bits per heavy atom. The minimum Gasteiger partial charge on any atom is -0.481 e. The van der Waals surface area contributed by atoms with Crippen molar-refractivity contribution in [1.29, 1.82) is 0 Å². The average molecular weight is 371 g/mol. The van der Waals surface area contributed by atoms with E-state index in [2.05, 4.69) is 10.3 Å². The SMILES string of the molecule is CNC(=O)C(C(=O)CO)N(C)C(=O)c1ccc(-c2ccc(OC)nc2)cc1. The number of rotatable bonds is 7. The van der Waals surface area contributed by atoms with Crippen LogP contribution in [0, 0.1) is 0 Å². The maximum absolute atomic E-state index is 12.6. The maximum Gasteiger partial charge on any atom is 0.254 e. The summed E-state index contributed by atoms with van der Waals surface area (Å²) in [7, 11) is 4.24. The topological polar surface area (TPSA) is 109 Å². The van der Waals surface area contributed by atoms with Crippen LogP contribution in [0.4, 0.5) is 0 Å². The first-order valence-corrected chi connectivity index (χ1v) is 8.15. The lowest BCUT2D eigenvalue weighted by molar-refractivity contribution is -0.135. The van der Waals surface area contributed by atoms with E-state index in [9.17, 15) is 14.4 Å². The van der Waals surface area contributed by atoms with Gasteiger partial charge in [-0.2, -0.15) is 0 Å². The van der Waals surface area contributed by atoms with Gasteiger partial charge < -0.3 is 20.1 Å². The van der Waals surface area contributed by atoms with E-state index in [4.69, 9.17) is 9.84 Å². The van der Waals surface area contributed by atoms with E-state index in [1.807, 2.05) is 6.07 Å². The van der Waals surface area contributed by atoms with Crippen molar-refractivity contribution in [2.75, 3.05) is 27.8 Å². The average Bonchev–Trinajstić information content (AvgIpc) is 2.73. The number of nitrogens with one attached hydrogen (secondary N) is 1. The number of pyridine rings is 1. The van der Waals surface area contributed by atoms with Crippen LogP contribution in [0.15, 0.2) is 42.6 Å². The van der Waals surface area contributed by atoms with Crippen molar-refractivity contribution in [3.63, 3.8) is 0 Å². The van der Waals surface area contributed by atoms with E-state index in [1.165, 1.54) is 21.2 Å². The molecule has 1 aromatic carbocycles. The molecule has 0 fully saturated rings. The Morgan fingerprint density at radius 2 is 1.78 bits per heavy atom. The first-order valence-electron chi connectivity index (χ1n) is 8.15. The number of carbonyl (C=O) groups excluding carboxylic acids is 3. The molecule has 1 unspecified atom stereocenters. The molecule has 0 saturated heterocycles. The van der Waals surface area contributed by atoms with Gasteiger partial charge in [0.05, 0.1) is 7.11 Å². The molecule has 2 rings (SSSR count). The summed E-state index contributed by atoms with van der Waals surface area (Å²) in [5.74, 6) is -1.43. The predicted molar refractivity (Wildman–Crippen MR) is 98.3 cm³/mol. The van der Waals surface area contributed by atoms with Gasteiger partial charge in [0, 0.05) is 37.5 Å². The Kier molecular flexibility index (Phi) is 6.62. The third-order valence-corrected chi connectivity index (χ3v) is 4.07. The summed E-state index contributed by atoms with van der Waals surface area (Å²) in [5.41, 5.74) is 2.00. The van der Waals surface area contributed by atoms with Crippen LogP contribution in [-0.4, -0.2) is 66.4 Å². The molecule has 27 heavy (non-hydrogen) atoms. The monoisotopic (exact) mass is 371 g/mol. The Balaban J connectivity index is 2.22. The summed E-state index contributed by atoms with van der Waals surface area (Å²) in [6.07, 6.45) is 1.66. The Morgan fingerprint density at radius 1 is 1.15 bits per heavy atom. The molecule has 142 valence electrons. The highest BCUT2D eigenvalue weighted by molar-refractivity contribution is 6.10. The molecule has 8 nitrogen and oxygen atoms in total. The first kappa shape index (κ1) is 20.1. The van der Waals surface area contributed by atoms with Crippen LogP contribution in [0.3, 0.4) is 0 Å². The van der Waals surface area contributed by atoms with Crippen LogP contribution in [0.1, 0.15) is 10.4 Å². The predicted octanol–water partition coefficient (Wildman–Crippen LogP) is 0.505. The van der Waals surface area contributed by atoms with Crippen LogP contribution in [-0.2, 0) is 9.59 Å². The molecule has 1 heterocycles. The quantitative estimate of drug-likeness (QED) is 0.687. The zero-order valence-corrected chi connectivity index (χ0v) is 15.3. The van der Waals surface area contributed by atoms with E-state index < -0.39 is 30.2 Å². The zero-order valence-electron chi connectivity index (χ0n) is 15.3. The largest absolute Gasteiger partial charge is 0.481 e. The molecule has 2 amide bonds. The van der Waals surface area contributed by atoms with Crippen molar-refractivity contribution >= 4 is 17.6 Å². The third kappa shape index (κ3) is 4.48. The number of amides is 2. The lowest BCUT2D eigenvalue weighted by Crippen LogP contribution is -2.52. The van der Waals surface area contributed by atoms with Crippen molar-refractivity contribution in [1.82, 2.24) is 15.2 Å². The second-order valence-corrected chi connectivity index (χ2v) is 5.72. The fourth-order valence-corrected chi connectivity index (χ4v) is 2.56. The highest BCUT2D eigenvalue weighted by Crippen LogP contribution is 2.21. The summed E-state index contributed by atoms with van der Waals surface area (Å²) < 4.78 is 5.02. The molecule has 2 N–H and O–H groups in total. The number of aliphatic hydroxyl groups excluding tert-OH is 1. The maximum atomic E-state index is 12.6. The summed E-state index contributed by atoms with van der Waals surface area (Å²) in [6.45, 7) is -0.834. The van der Waals surface area contributed by atoms with Gasteiger partial charge in [0.25, 0.3) is 5.91 Å². The molecule has 0 radical (unpaired) electrons. The molecule has 0 aliphatic heterocycles. The summed E-state index contributed by atoms with van der Waals surface area (Å²) in [6, 6.07) is 8.87. The second kappa shape index (κ2) is 8.91. The molecule has 2 aromatic rings. The van der Waals surface area contributed by atoms with E-state index in [0.29, 0.717) is 11.4 Å². The number of Topliss-reactive ketones (excluding diaryl/α,β-unsaturated/α-hetero) is 1. The van der Waals surface area contributed by atoms with Gasteiger partial charge in [0.1, 0.15) is 6.61 Å². The van der Waals surface area contributed by atoms with E-state index in [-0.39, 0.29) is 0 Å². The highest BCUT2D eigenvalue weighted by atomic mass is 16.5.